The van der Waals surface area contributed by atoms with Crippen molar-refractivity contribution in [2.45, 2.75) is 129 Å². The van der Waals surface area contributed by atoms with Gasteiger partial charge in [-0.2, -0.15) is 0 Å². The van der Waals surface area contributed by atoms with Gasteiger partial charge in [-0.15, -0.1) is 0 Å². The summed E-state index contributed by atoms with van der Waals surface area (Å²) in [6.07, 6.45) is -6.99. The number of phenols is 1. The number of carbonyl (C=O) groups excluding carboxylic acids is 3. The van der Waals surface area contributed by atoms with Crippen molar-refractivity contribution in [3.05, 3.63) is 29.8 Å². The maximum atomic E-state index is 13.2. The summed E-state index contributed by atoms with van der Waals surface area (Å²) in [5.74, 6) is 0.169. The van der Waals surface area contributed by atoms with Crippen LogP contribution < -0.4 is 5.32 Å². The van der Waals surface area contributed by atoms with E-state index in [9.17, 15) is 29.7 Å². The minimum Gasteiger partial charge on any atom is -0.508 e. The van der Waals surface area contributed by atoms with E-state index in [1.807, 2.05) is 6.07 Å². The molecule has 0 aromatic heterocycles. The summed E-state index contributed by atoms with van der Waals surface area (Å²) in [7, 11) is 0. The highest BCUT2D eigenvalue weighted by Gasteiger charge is 2.49. The molecular weight excluding hydrogens is 576 g/mol. The summed E-state index contributed by atoms with van der Waals surface area (Å²) in [6, 6.07) is 5.48. The Bertz CT molecular complexity index is 1110. The molecular formula is C31H50N2O11. The summed E-state index contributed by atoms with van der Waals surface area (Å²) in [6.45, 7) is 15.0. The van der Waals surface area contributed by atoms with Gasteiger partial charge in [0.15, 0.2) is 0 Å². The van der Waals surface area contributed by atoms with E-state index in [0.29, 0.717) is 19.3 Å². The summed E-state index contributed by atoms with van der Waals surface area (Å²) in [5.41, 5.74) is -1.66. The van der Waals surface area contributed by atoms with E-state index in [-0.39, 0.29) is 18.8 Å². The van der Waals surface area contributed by atoms with Gasteiger partial charge in [-0.25, -0.2) is 14.4 Å². The predicted octanol–water partition coefficient (Wildman–Crippen LogP) is 4.24. The monoisotopic (exact) mass is 626 g/mol. The number of phenolic OH excluding ortho intramolecular Hbond substituents is 1. The summed E-state index contributed by atoms with van der Waals surface area (Å²) in [5, 5.41) is 34.3. The molecule has 13 heteroatoms. The van der Waals surface area contributed by atoms with Crippen molar-refractivity contribution in [2.24, 2.45) is 0 Å². The lowest BCUT2D eigenvalue weighted by Crippen LogP contribution is -2.66. The molecule has 0 saturated carbocycles. The lowest BCUT2D eigenvalue weighted by molar-refractivity contribution is -0.254. The Morgan fingerprint density at radius 3 is 2.07 bits per heavy atom. The molecule has 13 nitrogen and oxygen atoms in total. The van der Waals surface area contributed by atoms with Crippen molar-refractivity contribution >= 4 is 18.3 Å². The maximum Gasteiger partial charge on any atom is 0.511 e. The first-order chi connectivity index (χ1) is 20.1. The number of aliphatic hydroxyl groups is 2. The van der Waals surface area contributed by atoms with Gasteiger partial charge in [-0.1, -0.05) is 12.1 Å². The number of unbranched alkanes of at least 4 members (excludes halogenated alkanes) is 1. The molecule has 250 valence electrons. The average Bonchev–Trinajstić information content (AvgIpc) is 2.83. The fourth-order valence-corrected chi connectivity index (χ4v) is 4.29. The Balaban J connectivity index is 2.24. The van der Waals surface area contributed by atoms with E-state index < -0.39 is 65.8 Å². The number of aliphatic hydroxyl groups excluding tert-OH is 2. The first-order valence-corrected chi connectivity index (χ1v) is 14.8. The number of hydrogen-bond acceptors (Lipinski definition) is 11. The van der Waals surface area contributed by atoms with E-state index >= 15 is 0 Å². The highest BCUT2D eigenvalue weighted by atomic mass is 16.8. The fraction of sp³-hybridized carbons (Fsp3) is 0.710. The number of nitrogens with zero attached hydrogens (tertiary/aromatic N) is 1. The van der Waals surface area contributed by atoms with Gasteiger partial charge in [0, 0.05) is 6.54 Å². The number of amides is 2. The molecule has 4 N–H and O–H groups in total. The molecule has 0 aliphatic carbocycles. The first kappa shape index (κ1) is 36.9. The van der Waals surface area contributed by atoms with Crippen LogP contribution in [0.3, 0.4) is 0 Å². The van der Waals surface area contributed by atoms with Crippen molar-refractivity contribution < 1.29 is 53.4 Å². The lowest BCUT2D eigenvalue weighted by atomic mass is 9.96. The molecule has 0 unspecified atom stereocenters. The van der Waals surface area contributed by atoms with Gasteiger partial charge in [0.2, 0.25) is 6.29 Å². The SMILES string of the molecule is CC(C)(C)OC(=O)N[C@H]1[C@H](OC(=O)OC(C)(C)C)O[C@H](CN(CCCCc2cccc(O)c2)C(=O)OC(C)(C)C)[C@@H](O)[C@@H]1O. The van der Waals surface area contributed by atoms with Crippen LogP contribution in [0.25, 0.3) is 0 Å². The fourth-order valence-electron chi connectivity index (χ4n) is 4.29. The van der Waals surface area contributed by atoms with Crippen LogP contribution in [0.5, 0.6) is 5.75 Å². The van der Waals surface area contributed by atoms with Crippen molar-refractivity contribution in [1.82, 2.24) is 10.2 Å². The van der Waals surface area contributed by atoms with Crippen molar-refractivity contribution in [2.75, 3.05) is 13.1 Å². The number of aromatic hydroxyl groups is 1. The summed E-state index contributed by atoms with van der Waals surface area (Å²) in [4.78, 5) is 39.6. The molecule has 1 aliphatic heterocycles. The Morgan fingerprint density at radius 1 is 0.886 bits per heavy atom. The molecule has 1 saturated heterocycles. The Hall–Kier alpha value is -3.29. The standard InChI is InChI=1S/C31H50N2O11/c1-29(2,3)42-26(37)32-22-24(36)23(35)21(40-25(22)41-28(39)44-31(7,8)9)18-33(27(38)43-30(4,5)6)16-11-10-13-19-14-12-15-20(34)17-19/h12,14-15,17,21-25,34-36H,10-11,13,16,18H2,1-9H3,(H,32,37)/t21-,22-,23-,24-,25+/m1/s1. The van der Waals surface area contributed by atoms with Gasteiger partial charge in [-0.05, 0) is 99.3 Å². The van der Waals surface area contributed by atoms with E-state index in [1.165, 1.54) is 4.90 Å². The van der Waals surface area contributed by atoms with Crippen molar-refractivity contribution in [3.63, 3.8) is 0 Å². The number of carbonyl (C=O) groups is 3. The highest BCUT2D eigenvalue weighted by Crippen LogP contribution is 2.26. The van der Waals surface area contributed by atoms with Gasteiger partial charge in [0.25, 0.3) is 0 Å². The average molecular weight is 627 g/mol. The molecule has 0 spiro atoms. The quantitative estimate of drug-likeness (QED) is 0.175. The van der Waals surface area contributed by atoms with Crippen LogP contribution in [0.15, 0.2) is 24.3 Å². The molecule has 44 heavy (non-hydrogen) atoms. The van der Waals surface area contributed by atoms with E-state index in [0.717, 1.165) is 5.56 Å². The van der Waals surface area contributed by atoms with Crippen molar-refractivity contribution in [1.29, 1.82) is 0 Å². The second-order valence-corrected chi connectivity index (χ2v) is 13.8. The number of rotatable bonds is 9. The Labute approximate surface area is 259 Å². The van der Waals surface area contributed by atoms with Crippen LogP contribution in [-0.4, -0.2) is 99.1 Å². The third kappa shape index (κ3) is 13.1. The van der Waals surface area contributed by atoms with Crippen LogP contribution in [0.2, 0.25) is 0 Å². The molecule has 0 bridgehead atoms. The van der Waals surface area contributed by atoms with Gasteiger partial charge < -0.3 is 49.2 Å². The first-order valence-electron chi connectivity index (χ1n) is 14.8. The van der Waals surface area contributed by atoms with Gasteiger partial charge >= 0.3 is 18.3 Å². The lowest BCUT2D eigenvalue weighted by Gasteiger charge is -2.43. The van der Waals surface area contributed by atoms with Crippen LogP contribution in [-0.2, 0) is 30.1 Å². The normalized spacial score (nSPS) is 22.5. The van der Waals surface area contributed by atoms with Gasteiger partial charge in [0.1, 0.15) is 46.9 Å². The number of hydrogen-bond donors (Lipinski definition) is 4. The van der Waals surface area contributed by atoms with Gasteiger partial charge in [-0.3, -0.25) is 0 Å². The van der Waals surface area contributed by atoms with E-state index in [1.54, 1.807) is 80.5 Å². The van der Waals surface area contributed by atoms with E-state index in [4.69, 9.17) is 23.7 Å². The molecule has 1 aromatic rings. The second kappa shape index (κ2) is 15.1. The van der Waals surface area contributed by atoms with Crippen LogP contribution in [0.4, 0.5) is 14.4 Å². The number of nitrogens with one attached hydrogen (secondary N) is 1. The summed E-state index contributed by atoms with van der Waals surface area (Å²) < 4.78 is 27.3. The number of aryl methyl sites for hydroxylation is 1. The maximum absolute atomic E-state index is 13.2. The molecule has 1 heterocycles. The number of alkyl carbamates (subject to hydrolysis) is 1. The van der Waals surface area contributed by atoms with Crippen molar-refractivity contribution in [3.8, 4) is 5.75 Å². The number of ether oxygens (including phenoxy) is 5. The zero-order valence-corrected chi connectivity index (χ0v) is 27.3. The third-order valence-corrected chi connectivity index (χ3v) is 6.09. The molecule has 0 radical (unpaired) electrons. The largest absolute Gasteiger partial charge is 0.511 e. The molecule has 2 amide bonds. The summed E-state index contributed by atoms with van der Waals surface area (Å²) >= 11 is 0. The van der Waals surface area contributed by atoms with E-state index in [2.05, 4.69) is 5.32 Å². The van der Waals surface area contributed by atoms with Crippen LogP contribution in [0, 0.1) is 0 Å². The minimum absolute atomic E-state index is 0.169. The minimum atomic E-state index is -1.68. The van der Waals surface area contributed by atoms with Crippen LogP contribution >= 0.6 is 0 Å². The topological polar surface area (TPSA) is 173 Å². The zero-order chi connectivity index (χ0) is 33.5. The third-order valence-electron chi connectivity index (χ3n) is 6.09. The van der Waals surface area contributed by atoms with Crippen LogP contribution in [0.1, 0.15) is 80.7 Å². The molecule has 1 fully saturated rings. The molecule has 1 aromatic carbocycles. The Morgan fingerprint density at radius 2 is 1.50 bits per heavy atom. The molecule has 5 atom stereocenters. The zero-order valence-electron chi connectivity index (χ0n) is 27.3. The predicted molar refractivity (Wildman–Crippen MR) is 160 cm³/mol. The number of benzene rings is 1. The second-order valence-electron chi connectivity index (χ2n) is 13.8. The van der Waals surface area contributed by atoms with Gasteiger partial charge in [0.05, 0.1) is 6.54 Å². The smallest absolute Gasteiger partial charge is 0.508 e. The molecule has 2 rings (SSSR count). The Kier molecular flexibility index (Phi) is 12.7. The molecule has 1 aliphatic rings. The highest BCUT2D eigenvalue weighted by molar-refractivity contribution is 5.69.